The summed E-state index contributed by atoms with van der Waals surface area (Å²) < 4.78 is 5.13. The lowest BCUT2D eigenvalue weighted by molar-refractivity contribution is 0.112. The molecule has 0 fully saturated rings. The van der Waals surface area contributed by atoms with Gasteiger partial charge in [0.1, 0.15) is 6.29 Å². The average molecular weight is 419 g/mol. The van der Waals surface area contributed by atoms with E-state index in [1.807, 2.05) is 37.5 Å². The summed E-state index contributed by atoms with van der Waals surface area (Å²) in [4.78, 5) is 18.1. The summed E-state index contributed by atoms with van der Waals surface area (Å²) in [5.41, 5.74) is 7.78. The molecule has 3 aromatic rings. The van der Waals surface area contributed by atoms with Crippen molar-refractivity contribution in [3.63, 3.8) is 0 Å². The number of rotatable bonds is 7. The minimum absolute atomic E-state index is 0.308. The van der Waals surface area contributed by atoms with Crippen LogP contribution in [0.3, 0.4) is 0 Å². The van der Waals surface area contributed by atoms with Crippen LogP contribution in [-0.2, 0) is 25.9 Å². The number of nitrogens with zero attached hydrogens (tertiary/aromatic N) is 3. The zero-order valence-electron chi connectivity index (χ0n) is 18.7. The van der Waals surface area contributed by atoms with E-state index in [1.54, 1.807) is 7.11 Å². The second-order valence-electron chi connectivity index (χ2n) is 9.28. The molecule has 0 saturated heterocycles. The number of fused-ring (bicyclic) bond motifs is 1. The zero-order valence-corrected chi connectivity index (χ0v) is 18.7. The Morgan fingerprint density at radius 3 is 2.77 bits per heavy atom. The molecule has 1 aromatic carbocycles. The number of hydrogen-bond acceptors (Lipinski definition) is 5. The van der Waals surface area contributed by atoms with E-state index in [0.717, 1.165) is 54.5 Å². The molecule has 0 radical (unpaired) electrons. The Bertz CT molecular complexity index is 1070. The van der Waals surface area contributed by atoms with Crippen molar-refractivity contribution in [2.75, 3.05) is 14.2 Å². The Morgan fingerprint density at radius 2 is 2.06 bits per heavy atom. The number of pyridine rings is 1. The van der Waals surface area contributed by atoms with Gasteiger partial charge in [0.25, 0.3) is 0 Å². The first-order valence-corrected chi connectivity index (χ1v) is 10.7. The van der Waals surface area contributed by atoms with E-state index in [0.29, 0.717) is 23.4 Å². The molecule has 0 bridgehead atoms. The molecular formula is C25H30N4O2. The zero-order chi connectivity index (χ0) is 22.0. The smallest absolute Gasteiger partial charge is 0.212 e. The van der Waals surface area contributed by atoms with Gasteiger partial charge >= 0.3 is 0 Å². The number of carbonyl (C=O) groups is 1. The van der Waals surface area contributed by atoms with Gasteiger partial charge in [-0.05, 0) is 48.9 Å². The number of H-pyrrole nitrogens is 1. The highest BCUT2D eigenvalue weighted by Gasteiger charge is 2.29. The van der Waals surface area contributed by atoms with Crippen LogP contribution in [0, 0.1) is 5.41 Å². The van der Waals surface area contributed by atoms with E-state index in [1.165, 1.54) is 11.3 Å². The van der Waals surface area contributed by atoms with Crippen molar-refractivity contribution in [1.29, 1.82) is 0 Å². The quantitative estimate of drug-likeness (QED) is 0.575. The molecule has 6 nitrogen and oxygen atoms in total. The van der Waals surface area contributed by atoms with E-state index in [-0.39, 0.29) is 0 Å². The van der Waals surface area contributed by atoms with Crippen LogP contribution in [0.5, 0.6) is 5.88 Å². The molecule has 0 unspecified atom stereocenters. The van der Waals surface area contributed by atoms with Gasteiger partial charge < -0.3 is 4.74 Å². The van der Waals surface area contributed by atoms with E-state index in [2.05, 4.69) is 40.0 Å². The molecular weight excluding hydrogens is 388 g/mol. The summed E-state index contributed by atoms with van der Waals surface area (Å²) in [6.07, 6.45) is 5.97. The summed E-state index contributed by atoms with van der Waals surface area (Å²) in [7, 11) is 3.66. The Kier molecular flexibility index (Phi) is 5.92. The minimum atomic E-state index is 0.308. The molecule has 1 aliphatic rings. The maximum Gasteiger partial charge on any atom is 0.212 e. The molecule has 4 rings (SSSR count). The third-order valence-electron chi connectivity index (χ3n) is 6.10. The van der Waals surface area contributed by atoms with Crippen LogP contribution < -0.4 is 4.74 Å². The van der Waals surface area contributed by atoms with Gasteiger partial charge in [0.05, 0.1) is 12.8 Å². The molecule has 162 valence electrons. The number of aldehydes is 1. The number of hydrogen-bond donors (Lipinski definition) is 1. The van der Waals surface area contributed by atoms with Gasteiger partial charge in [-0.2, -0.15) is 5.10 Å². The largest absolute Gasteiger partial charge is 0.481 e. The molecule has 0 saturated carbocycles. The van der Waals surface area contributed by atoms with Gasteiger partial charge in [-0.25, -0.2) is 4.98 Å². The molecule has 2 heterocycles. The Labute approximate surface area is 183 Å². The summed E-state index contributed by atoms with van der Waals surface area (Å²) in [6, 6.07) is 9.91. The van der Waals surface area contributed by atoms with Crippen molar-refractivity contribution in [1.82, 2.24) is 20.1 Å². The van der Waals surface area contributed by atoms with E-state index in [4.69, 9.17) is 4.74 Å². The highest BCUT2D eigenvalue weighted by atomic mass is 16.5. The molecule has 0 atom stereocenters. The molecule has 0 spiro atoms. The van der Waals surface area contributed by atoms with Crippen LogP contribution in [0.15, 0.2) is 36.5 Å². The van der Waals surface area contributed by atoms with Crippen LogP contribution in [-0.4, -0.2) is 40.5 Å². The van der Waals surface area contributed by atoms with Gasteiger partial charge in [0, 0.05) is 47.7 Å². The van der Waals surface area contributed by atoms with Crippen molar-refractivity contribution in [3.05, 3.63) is 64.5 Å². The lowest BCUT2D eigenvalue weighted by Crippen LogP contribution is -2.22. The first-order valence-electron chi connectivity index (χ1n) is 10.7. The highest BCUT2D eigenvalue weighted by Crippen LogP contribution is 2.38. The number of aromatic nitrogens is 3. The van der Waals surface area contributed by atoms with Crippen LogP contribution in [0.2, 0.25) is 0 Å². The van der Waals surface area contributed by atoms with Crippen LogP contribution in [0.25, 0.3) is 11.3 Å². The van der Waals surface area contributed by atoms with Gasteiger partial charge in [0.2, 0.25) is 5.88 Å². The van der Waals surface area contributed by atoms with Crippen molar-refractivity contribution in [2.24, 2.45) is 5.41 Å². The fourth-order valence-electron chi connectivity index (χ4n) is 4.37. The van der Waals surface area contributed by atoms with Crippen LogP contribution in [0.4, 0.5) is 0 Å². The predicted molar refractivity (Wildman–Crippen MR) is 121 cm³/mol. The maximum absolute atomic E-state index is 11.7. The van der Waals surface area contributed by atoms with Crippen molar-refractivity contribution in [2.45, 2.75) is 46.2 Å². The van der Waals surface area contributed by atoms with Gasteiger partial charge in [-0.3, -0.25) is 14.8 Å². The first kappa shape index (κ1) is 21.2. The normalized spacial score (nSPS) is 15.0. The Hall–Kier alpha value is -2.99. The fourth-order valence-corrected chi connectivity index (χ4v) is 4.37. The second kappa shape index (κ2) is 8.63. The summed E-state index contributed by atoms with van der Waals surface area (Å²) in [6.45, 7) is 6.00. The number of benzene rings is 1. The number of aromatic amines is 1. The monoisotopic (exact) mass is 418 g/mol. The number of nitrogens with one attached hydrogen (secondary N) is 1. The number of methoxy groups -OCH3 is 1. The SMILES string of the molecule is COc1ccc(CN(C)Cc2cc(-c3n[nH]c4c3CCC(C)(C)C4)ccc2C=O)cn1. The van der Waals surface area contributed by atoms with Crippen molar-refractivity contribution >= 4 is 6.29 Å². The molecule has 31 heavy (non-hydrogen) atoms. The average Bonchev–Trinajstić information content (AvgIpc) is 3.16. The summed E-state index contributed by atoms with van der Waals surface area (Å²) in [5, 5.41) is 7.91. The highest BCUT2D eigenvalue weighted by molar-refractivity contribution is 5.79. The maximum atomic E-state index is 11.7. The molecule has 6 heteroatoms. The van der Waals surface area contributed by atoms with E-state index >= 15 is 0 Å². The van der Waals surface area contributed by atoms with Crippen molar-refractivity contribution < 1.29 is 9.53 Å². The summed E-state index contributed by atoms with van der Waals surface area (Å²) >= 11 is 0. The fraction of sp³-hybridized carbons (Fsp3) is 0.400. The van der Waals surface area contributed by atoms with Crippen LogP contribution >= 0.6 is 0 Å². The third-order valence-corrected chi connectivity index (χ3v) is 6.10. The molecule has 1 aliphatic carbocycles. The first-order chi connectivity index (χ1) is 14.9. The summed E-state index contributed by atoms with van der Waals surface area (Å²) in [5.74, 6) is 0.605. The lowest BCUT2D eigenvalue weighted by Gasteiger charge is -2.29. The van der Waals surface area contributed by atoms with E-state index in [9.17, 15) is 4.79 Å². The third kappa shape index (κ3) is 4.69. The predicted octanol–water partition coefficient (Wildman–Crippen LogP) is 4.44. The number of ether oxygens (including phenoxy) is 1. The standard InChI is InChI=1S/C25H30N4O2/c1-25(2)10-9-21-22(12-25)27-28-24(21)18-6-7-19(16-30)20(11-18)15-29(3)14-17-5-8-23(31-4)26-13-17/h5-8,11,13,16H,9-10,12,14-15H2,1-4H3,(H,27,28). The topological polar surface area (TPSA) is 71.1 Å². The van der Waals surface area contributed by atoms with E-state index < -0.39 is 0 Å². The Balaban J connectivity index is 1.55. The minimum Gasteiger partial charge on any atom is -0.481 e. The Morgan fingerprint density at radius 1 is 1.23 bits per heavy atom. The lowest BCUT2D eigenvalue weighted by atomic mass is 9.76. The van der Waals surface area contributed by atoms with Gasteiger partial charge in [0.15, 0.2) is 0 Å². The molecule has 0 amide bonds. The molecule has 1 N–H and O–H groups in total. The van der Waals surface area contributed by atoms with Gasteiger partial charge in [-0.1, -0.05) is 32.0 Å². The second-order valence-corrected chi connectivity index (χ2v) is 9.28. The molecule has 2 aromatic heterocycles. The molecule has 0 aliphatic heterocycles. The number of carbonyl (C=O) groups excluding carboxylic acids is 1. The van der Waals surface area contributed by atoms with Crippen LogP contribution in [0.1, 0.15) is 53.0 Å². The van der Waals surface area contributed by atoms with Gasteiger partial charge in [-0.15, -0.1) is 0 Å². The van der Waals surface area contributed by atoms with Crippen molar-refractivity contribution in [3.8, 4) is 17.1 Å².